The molecule has 0 saturated carbocycles. The maximum Gasteiger partial charge on any atom is 0.221 e. The van der Waals surface area contributed by atoms with E-state index >= 15 is 0 Å². The first-order chi connectivity index (χ1) is 9.60. The Morgan fingerprint density at radius 3 is 2.85 bits per heavy atom. The Bertz CT molecular complexity index is 607. The third-order valence-corrected chi connectivity index (χ3v) is 2.91. The second-order valence-electron chi connectivity index (χ2n) is 4.42. The van der Waals surface area contributed by atoms with Gasteiger partial charge in [-0.3, -0.25) is 4.79 Å². The Kier molecular flexibility index (Phi) is 4.24. The lowest BCUT2D eigenvalue weighted by molar-refractivity contribution is -0.114. The molecule has 1 amide bonds. The predicted molar refractivity (Wildman–Crippen MR) is 77.9 cm³/mol. The number of aryl methyl sites for hydroxylation is 1. The van der Waals surface area contributed by atoms with E-state index in [1.807, 2.05) is 19.1 Å². The van der Waals surface area contributed by atoms with Gasteiger partial charge in [-0.15, -0.1) is 0 Å². The predicted octanol–water partition coefficient (Wildman–Crippen LogP) is 2.30. The molecule has 0 unspecified atom stereocenters. The van der Waals surface area contributed by atoms with E-state index in [1.54, 1.807) is 19.5 Å². The lowest BCUT2D eigenvalue weighted by Gasteiger charge is -2.12. The highest BCUT2D eigenvalue weighted by molar-refractivity contribution is 5.90. The number of methoxy groups -OCH3 is 1. The number of benzene rings is 1. The van der Waals surface area contributed by atoms with Crippen molar-refractivity contribution < 1.29 is 9.53 Å². The smallest absolute Gasteiger partial charge is 0.221 e. The summed E-state index contributed by atoms with van der Waals surface area (Å²) in [6.07, 6.45) is 1.67. The zero-order valence-corrected chi connectivity index (χ0v) is 11.8. The molecule has 20 heavy (non-hydrogen) atoms. The molecular formula is C14H18N4O2. The summed E-state index contributed by atoms with van der Waals surface area (Å²) in [7, 11) is 1.57. The van der Waals surface area contributed by atoms with Gasteiger partial charge in [0.1, 0.15) is 5.75 Å². The van der Waals surface area contributed by atoms with Crippen LogP contribution in [0.15, 0.2) is 24.5 Å². The van der Waals surface area contributed by atoms with E-state index in [-0.39, 0.29) is 5.91 Å². The minimum Gasteiger partial charge on any atom is -0.494 e. The second-order valence-corrected chi connectivity index (χ2v) is 4.42. The number of aromatic nitrogens is 2. The van der Waals surface area contributed by atoms with E-state index in [0.29, 0.717) is 18.0 Å². The molecule has 2 rings (SSSR count). The van der Waals surface area contributed by atoms with E-state index in [4.69, 9.17) is 4.74 Å². The van der Waals surface area contributed by atoms with Gasteiger partial charge >= 0.3 is 0 Å². The Labute approximate surface area is 117 Å². The maximum absolute atomic E-state index is 11.1. The molecule has 106 valence electrons. The number of hydrogen-bond acceptors (Lipinski definition) is 4. The van der Waals surface area contributed by atoms with Crippen molar-refractivity contribution in [3.05, 3.63) is 35.9 Å². The molecule has 0 bridgehead atoms. The molecule has 6 nitrogen and oxygen atoms in total. The molecule has 0 atom stereocenters. The van der Waals surface area contributed by atoms with Crippen molar-refractivity contribution in [3.63, 3.8) is 0 Å². The highest BCUT2D eigenvalue weighted by atomic mass is 16.5. The number of nitrogens with zero attached hydrogens (tertiary/aromatic N) is 1. The molecule has 0 aliphatic heterocycles. The summed E-state index contributed by atoms with van der Waals surface area (Å²) in [5.41, 5.74) is 3.56. The number of ether oxygens (including phenoxy) is 1. The zero-order chi connectivity index (χ0) is 14.5. The fourth-order valence-corrected chi connectivity index (χ4v) is 1.85. The second kappa shape index (κ2) is 6.10. The molecule has 1 aromatic carbocycles. The quantitative estimate of drug-likeness (QED) is 0.781. The fourth-order valence-electron chi connectivity index (χ4n) is 1.85. The van der Waals surface area contributed by atoms with Gasteiger partial charge in [-0.1, -0.05) is 0 Å². The molecule has 0 radical (unpaired) electrons. The first kappa shape index (κ1) is 13.9. The number of H-pyrrole nitrogens is 1. The van der Waals surface area contributed by atoms with Crippen LogP contribution in [-0.2, 0) is 11.3 Å². The molecular weight excluding hydrogens is 256 g/mol. The summed E-state index contributed by atoms with van der Waals surface area (Å²) in [5.74, 6) is 0.486. The van der Waals surface area contributed by atoms with E-state index in [2.05, 4.69) is 20.6 Å². The number of hydrogen-bond donors (Lipinski definition) is 3. The van der Waals surface area contributed by atoms with Crippen LogP contribution in [0.25, 0.3) is 0 Å². The van der Waals surface area contributed by atoms with Gasteiger partial charge in [0, 0.05) is 24.4 Å². The van der Waals surface area contributed by atoms with Crippen LogP contribution < -0.4 is 15.4 Å². The van der Waals surface area contributed by atoms with Gasteiger partial charge in [0.05, 0.1) is 31.4 Å². The standard InChI is InChI=1S/C14H18N4O2/c1-9-13(17-8-16-9)7-15-11-4-5-12(18-10(2)19)14(6-11)20-3/h4-6,8,15H,7H2,1-3H3,(H,16,17)(H,18,19). The number of carbonyl (C=O) groups is 1. The fraction of sp³-hybridized carbons (Fsp3) is 0.286. The average molecular weight is 274 g/mol. The highest BCUT2D eigenvalue weighted by Crippen LogP contribution is 2.28. The lowest BCUT2D eigenvalue weighted by atomic mass is 10.2. The van der Waals surface area contributed by atoms with Crippen molar-refractivity contribution in [2.45, 2.75) is 20.4 Å². The molecule has 0 aliphatic rings. The number of rotatable bonds is 5. The normalized spacial score (nSPS) is 10.2. The van der Waals surface area contributed by atoms with E-state index < -0.39 is 0 Å². The SMILES string of the molecule is COc1cc(NCc2nc[nH]c2C)ccc1NC(C)=O. The molecule has 1 aromatic heterocycles. The van der Waals surface area contributed by atoms with Crippen LogP contribution in [0.3, 0.4) is 0 Å². The highest BCUT2D eigenvalue weighted by Gasteiger charge is 2.06. The van der Waals surface area contributed by atoms with Gasteiger partial charge in [0.15, 0.2) is 0 Å². The van der Waals surface area contributed by atoms with Gasteiger partial charge in [0.25, 0.3) is 0 Å². The van der Waals surface area contributed by atoms with Crippen molar-refractivity contribution in [3.8, 4) is 5.75 Å². The molecule has 0 fully saturated rings. The lowest BCUT2D eigenvalue weighted by Crippen LogP contribution is -2.08. The Morgan fingerprint density at radius 2 is 2.25 bits per heavy atom. The van der Waals surface area contributed by atoms with Gasteiger partial charge in [-0.05, 0) is 19.1 Å². The third kappa shape index (κ3) is 3.28. The number of nitrogens with one attached hydrogen (secondary N) is 3. The van der Waals surface area contributed by atoms with E-state index in [9.17, 15) is 4.79 Å². The molecule has 3 N–H and O–H groups in total. The van der Waals surface area contributed by atoms with Gasteiger partial charge in [-0.25, -0.2) is 4.98 Å². The van der Waals surface area contributed by atoms with Crippen molar-refractivity contribution in [1.29, 1.82) is 0 Å². The molecule has 2 aromatic rings. The first-order valence-corrected chi connectivity index (χ1v) is 6.28. The largest absolute Gasteiger partial charge is 0.494 e. The number of amides is 1. The Balaban J connectivity index is 2.09. The summed E-state index contributed by atoms with van der Waals surface area (Å²) in [5, 5.41) is 5.99. The van der Waals surface area contributed by atoms with Gasteiger partial charge < -0.3 is 20.4 Å². The van der Waals surface area contributed by atoms with E-state index in [0.717, 1.165) is 17.1 Å². The van der Waals surface area contributed by atoms with Gasteiger partial charge in [0.2, 0.25) is 5.91 Å². The third-order valence-electron chi connectivity index (χ3n) is 2.91. The van der Waals surface area contributed by atoms with Crippen molar-refractivity contribution in [2.75, 3.05) is 17.7 Å². The topological polar surface area (TPSA) is 79.0 Å². The maximum atomic E-state index is 11.1. The van der Waals surface area contributed by atoms with Crippen LogP contribution in [0.2, 0.25) is 0 Å². The van der Waals surface area contributed by atoms with Crippen LogP contribution in [0.5, 0.6) is 5.75 Å². The summed E-state index contributed by atoms with van der Waals surface area (Å²) >= 11 is 0. The minimum absolute atomic E-state index is 0.129. The molecule has 0 saturated heterocycles. The molecule has 6 heteroatoms. The number of anilines is 2. The Morgan fingerprint density at radius 1 is 1.45 bits per heavy atom. The van der Waals surface area contributed by atoms with Crippen molar-refractivity contribution in [1.82, 2.24) is 9.97 Å². The number of imidazole rings is 1. The molecule has 0 aliphatic carbocycles. The van der Waals surface area contributed by atoms with Gasteiger partial charge in [-0.2, -0.15) is 0 Å². The van der Waals surface area contributed by atoms with Crippen molar-refractivity contribution in [2.24, 2.45) is 0 Å². The first-order valence-electron chi connectivity index (χ1n) is 6.28. The molecule has 0 spiro atoms. The van der Waals surface area contributed by atoms with Crippen molar-refractivity contribution >= 4 is 17.3 Å². The zero-order valence-electron chi connectivity index (χ0n) is 11.8. The van der Waals surface area contributed by atoms with Crippen LogP contribution in [0.1, 0.15) is 18.3 Å². The molecule has 1 heterocycles. The summed E-state index contributed by atoms with van der Waals surface area (Å²) in [6.45, 7) is 4.06. The van der Waals surface area contributed by atoms with Crippen LogP contribution in [0.4, 0.5) is 11.4 Å². The van der Waals surface area contributed by atoms with Crippen LogP contribution in [-0.4, -0.2) is 23.0 Å². The minimum atomic E-state index is -0.129. The summed E-state index contributed by atoms with van der Waals surface area (Å²) < 4.78 is 5.27. The average Bonchev–Trinajstić information content (AvgIpc) is 2.82. The summed E-state index contributed by atoms with van der Waals surface area (Å²) in [6, 6.07) is 5.53. The summed E-state index contributed by atoms with van der Waals surface area (Å²) in [4.78, 5) is 18.3. The van der Waals surface area contributed by atoms with Crippen LogP contribution in [0, 0.1) is 6.92 Å². The van der Waals surface area contributed by atoms with E-state index in [1.165, 1.54) is 6.92 Å². The Hall–Kier alpha value is -2.50. The number of aromatic amines is 1. The number of carbonyl (C=O) groups excluding carboxylic acids is 1. The van der Waals surface area contributed by atoms with Crippen LogP contribution >= 0.6 is 0 Å². The monoisotopic (exact) mass is 274 g/mol.